The van der Waals surface area contributed by atoms with E-state index in [1.807, 2.05) is 55.5 Å². The predicted molar refractivity (Wildman–Crippen MR) is 98.6 cm³/mol. The molecule has 0 fully saturated rings. The summed E-state index contributed by atoms with van der Waals surface area (Å²) in [5.74, 6) is 2.00. The van der Waals surface area contributed by atoms with Crippen LogP contribution in [0.2, 0.25) is 0 Å². The molecule has 0 saturated heterocycles. The lowest BCUT2D eigenvalue weighted by Crippen LogP contribution is -2.15. The Bertz CT molecular complexity index is 569. The monoisotopic (exact) mass is 328 g/mol. The molecule has 0 heterocycles. The second-order valence-electron chi connectivity index (χ2n) is 6.35. The van der Waals surface area contributed by atoms with Gasteiger partial charge in [0.1, 0.15) is 17.3 Å². The smallest absolute Gasteiger partial charge is 0.130 e. The molecule has 3 nitrogen and oxygen atoms in total. The van der Waals surface area contributed by atoms with Gasteiger partial charge in [-0.2, -0.15) is 0 Å². The number of Topliss-reactive ketones (excluding diaryl/α,β-unsaturated/α-hetero) is 1. The molecule has 3 heteroatoms. The number of rotatable bonds is 5. The number of aryl methyl sites for hydroxylation is 2. The molecule has 0 spiro atoms. The number of benzene rings is 2. The van der Waals surface area contributed by atoms with E-state index in [0.717, 1.165) is 11.5 Å². The van der Waals surface area contributed by atoms with E-state index >= 15 is 0 Å². The molecule has 2 aromatic carbocycles. The number of aliphatic hydroxyl groups is 1. The summed E-state index contributed by atoms with van der Waals surface area (Å²) >= 11 is 0. The Morgan fingerprint density at radius 3 is 1.54 bits per heavy atom. The molecule has 24 heavy (non-hydrogen) atoms. The van der Waals surface area contributed by atoms with Crippen molar-refractivity contribution in [1.82, 2.24) is 0 Å². The van der Waals surface area contributed by atoms with Crippen molar-refractivity contribution in [3.63, 3.8) is 0 Å². The summed E-state index contributed by atoms with van der Waals surface area (Å²) in [6.45, 7) is 9.24. The van der Waals surface area contributed by atoms with Crippen LogP contribution in [0, 0.1) is 19.8 Å². The molecule has 0 bridgehead atoms. The van der Waals surface area contributed by atoms with Crippen molar-refractivity contribution in [3.05, 3.63) is 59.7 Å². The summed E-state index contributed by atoms with van der Waals surface area (Å²) in [5, 5.41) is 8.92. The van der Waals surface area contributed by atoms with Gasteiger partial charge in [-0.15, -0.1) is 0 Å². The third-order valence-corrected chi connectivity index (χ3v) is 3.71. The minimum atomic E-state index is -0.367. The molecule has 0 amide bonds. The van der Waals surface area contributed by atoms with Crippen LogP contribution in [0.4, 0.5) is 0 Å². The van der Waals surface area contributed by atoms with Crippen molar-refractivity contribution < 1.29 is 14.6 Å². The van der Waals surface area contributed by atoms with Crippen LogP contribution < -0.4 is 4.74 Å². The van der Waals surface area contributed by atoms with Gasteiger partial charge in [0.15, 0.2) is 0 Å². The van der Waals surface area contributed by atoms with Gasteiger partial charge in [-0.1, -0.05) is 42.3 Å². The molecule has 0 aromatic heterocycles. The highest BCUT2D eigenvalue weighted by atomic mass is 16.5. The molecule has 0 radical (unpaired) electrons. The summed E-state index contributed by atoms with van der Waals surface area (Å²) in [4.78, 5) is 10.4. The fourth-order valence-electron chi connectivity index (χ4n) is 1.97. The van der Waals surface area contributed by atoms with Crippen LogP contribution in [0.25, 0.3) is 0 Å². The van der Waals surface area contributed by atoms with Gasteiger partial charge in [0.2, 0.25) is 0 Å². The van der Waals surface area contributed by atoms with Crippen molar-refractivity contribution in [1.29, 1.82) is 0 Å². The molecule has 2 rings (SSSR count). The van der Waals surface area contributed by atoms with Gasteiger partial charge < -0.3 is 14.6 Å². The van der Waals surface area contributed by atoms with Crippen molar-refractivity contribution in [2.24, 2.45) is 5.92 Å². The van der Waals surface area contributed by atoms with Crippen LogP contribution in [0.5, 0.6) is 11.5 Å². The number of ether oxygens (including phenoxy) is 1. The lowest BCUT2D eigenvalue weighted by Gasteiger charge is -2.11. The van der Waals surface area contributed by atoms with Gasteiger partial charge in [-0.3, -0.25) is 0 Å². The molecule has 130 valence electrons. The second-order valence-corrected chi connectivity index (χ2v) is 6.35. The van der Waals surface area contributed by atoms with E-state index in [9.17, 15) is 4.79 Å². The number of hydrogen-bond acceptors (Lipinski definition) is 3. The van der Waals surface area contributed by atoms with E-state index in [0.29, 0.717) is 6.42 Å². The summed E-state index contributed by atoms with van der Waals surface area (Å²) in [5.41, 5.74) is 2.48. The maximum absolute atomic E-state index is 10.4. The van der Waals surface area contributed by atoms with E-state index in [1.54, 1.807) is 13.8 Å². The molecular weight excluding hydrogens is 300 g/mol. The average Bonchev–Trinajstić information content (AvgIpc) is 2.52. The van der Waals surface area contributed by atoms with Gasteiger partial charge in [0, 0.05) is 6.42 Å². The van der Waals surface area contributed by atoms with Crippen LogP contribution in [-0.2, 0) is 4.79 Å². The zero-order valence-corrected chi connectivity index (χ0v) is 15.2. The Morgan fingerprint density at radius 2 is 1.29 bits per heavy atom. The van der Waals surface area contributed by atoms with E-state index in [1.165, 1.54) is 11.1 Å². The highest BCUT2D eigenvalue weighted by Crippen LogP contribution is 2.21. The SMILES string of the molecule is CC(=O)CC(C)C(C)O.Cc1ccc(Oc2ccc(C)cc2)cc1. The number of ketones is 1. The van der Waals surface area contributed by atoms with E-state index in [-0.39, 0.29) is 17.8 Å². The van der Waals surface area contributed by atoms with Crippen LogP contribution in [0.1, 0.15) is 38.3 Å². The van der Waals surface area contributed by atoms with Gasteiger partial charge in [-0.05, 0) is 57.9 Å². The number of hydrogen-bond donors (Lipinski definition) is 1. The van der Waals surface area contributed by atoms with E-state index in [4.69, 9.17) is 9.84 Å². The molecule has 2 atom stereocenters. The quantitative estimate of drug-likeness (QED) is 0.832. The highest BCUT2D eigenvalue weighted by molar-refractivity contribution is 5.75. The first-order valence-electron chi connectivity index (χ1n) is 8.26. The summed E-state index contributed by atoms with van der Waals surface area (Å²) in [6, 6.07) is 16.1. The fraction of sp³-hybridized carbons (Fsp3) is 0.381. The van der Waals surface area contributed by atoms with Crippen LogP contribution in [0.15, 0.2) is 48.5 Å². The Hall–Kier alpha value is -2.13. The molecule has 2 aromatic rings. The molecule has 0 aliphatic carbocycles. The molecule has 1 N–H and O–H groups in total. The van der Waals surface area contributed by atoms with Crippen molar-refractivity contribution in [2.45, 2.75) is 47.1 Å². The van der Waals surface area contributed by atoms with Crippen molar-refractivity contribution in [3.8, 4) is 11.5 Å². The molecule has 0 aliphatic rings. The summed E-state index contributed by atoms with van der Waals surface area (Å²) < 4.78 is 5.69. The number of carbonyl (C=O) groups is 1. The molecule has 0 saturated carbocycles. The highest BCUT2D eigenvalue weighted by Gasteiger charge is 2.09. The van der Waals surface area contributed by atoms with Gasteiger partial charge >= 0.3 is 0 Å². The zero-order chi connectivity index (χ0) is 18.1. The minimum absolute atomic E-state index is 0.0995. The Balaban J connectivity index is 0.000000277. The predicted octanol–water partition coefficient (Wildman–Crippen LogP) is 5.08. The molecule has 0 aliphatic heterocycles. The lowest BCUT2D eigenvalue weighted by molar-refractivity contribution is -0.118. The van der Waals surface area contributed by atoms with Gasteiger partial charge in [0.25, 0.3) is 0 Å². The molecular formula is C21H28O3. The van der Waals surface area contributed by atoms with Crippen LogP contribution >= 0.6 is 0 Å². The Morgan fingerprint density at radius 1 is 0.917 bits per heavy atom. The maximum atomic E-state index is 10.4. The van der Waals surface area contributed by atoms with E-state index in [2.05, 4.69) is 13.8 Å². The second kappa shape index (κ2) is 9.89. The van der Waals surface area contributed by atoms with E-state index < -0.39 is 0 Å². The first-order valence-corrected chi connectivity index (χ1v) is 8.26. The largest absolute Gasteiger partial charge is 0.457 e. The zero-order valence-electron chi connectivity index (χ0n) is 15.2. The Kier molecular flexibility index (Phi) is 8.20. The Labute approximate surface area is 145 Å². The molecule has 2 unspecified atom stereocenters. The van der Waals surface area contributed by atoms with Crippen molar-refractivity contribution in [2.75, 3.05) is 0 Å². The first kappa shape index (κ1) is 19.9. The standard InChI is InChI=1S/C14H14O.C7H14O2/c1-11-3-7-13(8-4-11)15-14-9-5-12(2)6-10-14;1-5(7(3)9)4-6(2)8/h3-10H,1-2H3;5,7,9H,4H2,1-3H3. The third kappa shape index (κ3) is 7.93. The van der Waals surface area contributed by atoms with Crippen molar-refractivity contribution >= 4 is 5.78 Å². The number of carbonyl (C=O) groups excluding carboxylic acids is 1. The fourth-order valence-corrected chi connectivity index (χ4v) is 1.97. The third-order valence-electron chi connectivity index (χ3n) is 3.71. The van der Waals surface area contributed by atoms with Gasteiger partial charge in [0.05, 0.1) is 6.10 Å². The normalized spacial score (nSPS) is 12.6. The van der Waals surface area contributed by atoms with Crippen LogP contribution in [-0.4, -0.2) is 17.0 Å². The van der Waals surface area contributed by atoms with Gasteiger partial charge in [-0.25, -0.2) is 0 Å². The maximum Gasteiger partial charge on any atom is 0.130 e. The lowest BCUT2D eigenvalue weighted by atomic mass is 10.0. The average molecular weight is 328 g/mol. The number of aliphatic hydroxyl groups excluding tert-OH is 1. The minimum Gasteiger partial charge on any atom is -0.457 e. The first-order chi connectivity index (χ1) is 11.3. The summed E-state index contributed by atoms with van der Waals surface area (Å²) in [7, 11) is 0. The van der Waals surface area contributed by atoms with Crippen LogP contribution in [0.3, 0.4) is 0 Å². The summed E-state index contributed by atoms with van der Waals surface area (Å²) in [6.07, 6.45) is 0.117. The topological polar surface area (TPSA) is 46.5 Å².